The van der Waals surface area contributed by atoms with Gasteiger partial charge in [-0.05, 0) is 36.4 Å². The Hall–Kier alpha value is -2.82. The number of para-hydroxylation sites is 1. The number of hydrogen-bond donors (Lipinski definition) is 1. The number of allylic oxidation sites excluding steroid dienone is 1. The summed E-state index contributed by atoms with van der Waals surface area (Å²) in [6.45, 7) is 0. The van der Waals surface area contributed by atoms with Crippen LogP contribution in [0.25, 0.3) is 0 Å². The van der Waals surface area contributed by atoms with Crippen molar-refractivity contribution in [2.24, 2.45) is 0 Å². The molecule has 2 rings (SSSR count). The van der Waals surface area contributed by atoms with Gasteiger partial charge in [-0.1, -0.05) is 23.7 Å². The minimum atomic E-state index is -4.01. The fourth-order valence-corrected chi connectivity index (χ4v) is 3.16. The van der Waals surface area contributed by atoms with Crippen molar-refractivity contribution in [3.05, 3.63) is 70.2 Å². The fraction of sp³-hybridized carbons (Fsp3) is 0.0588. The smallest absolute Gasteiger partial charge is 0.339 e. The summed E-state index contributed by atoms with van der Waals surface area (Å²) in [6, 6.07) is 13.5. The third-order valence-corrected chi connectivity index (χ3v) is 5.15. The molecule has 0 aromatic heterocycles. The third kappa shape index (κ3) is 4.18. The van der Waals surface area contributed by atoms with Gasteiger partial charge in [0.25, 0.3) is 0 Å². The first-order chi connectivity index (χ1) is 11.9. The zero-order valence-corrected chi connectivity index (χ0v) is 14.6. The molecule has 0 aliphatic heterocycles. The molecule has 0 atom stereocenters. The largest absolute Gasteiger partial charge is 0.465 e. The van der Waals surface area contributed by atoms with Crippen LogP contribution in [0.2, 0.25) is 5.02 Å². The fourth-order valence-electron chi connectivity index (χ4n) is 1.95. The topological polar surface area (TPSA) is 96.3 Å². The van der Waals surface area contributed by atoms with Gasteiger partial charge in [0.1, 0.15) is 6.07 Å². The molecule has 6 nitrogen and oxygen atoms in total. The molecule has 128 valence electrons. The SMILES string of the molecule is COC(=O)c1ccccc1NC=C(C#N)S(=O)(=O)c1ccc(Cl)cc1. The van der Waals surface area contributed by atoms with Crippen molar-refractivity contribution in [1.29, 1.82) is 5.26 Å². The molecule has 2 aromatic rings. The molecule has 2 aromatic carbocycles. The summed E-state index contributed by atoms with van der Waals surface area (Å²) in [5.74, 6) is -0.587. The van der Waals surface area contributed by atoms with Gasteiger partial charge in [0.05, 0.1) is 23.3 Å². The van der Waals surface area contributed by atoms with Gasteiger partial charge in [-0.15, -0.1) is 0 Å². The van der Waals surface area contributed by atoms with E-state index in [-0.39, 0.29) is 10.5 Å². The summed E-state index contributed by atoms with van der Waals surface area (Å²) in [5.41, 5.74) is 0.524. The number of carbonyl (C=O) groups is 1. The van der Waals surface area contributed by atoms with Crippen LogP contribution in [-0.4, -0.2) is 21.5 Å². The second-order valence-electron chi connectivity index (χ2n) is 4.76. The number of ether oxygens (including phenoxy) is 1. The Kier molecular flexibility index (Phi) is 5.80. The number of carbonyl (C=O) groups excluding carboxylic acids is 1. The summed E-state index contributed by atoms with van der Waals surface area (Å²) in [5, 5.41) is 12.3. The molecule has 0 aliphatic rings. The average Bonchev–Trinajstić information content (AvgIpc) is 2.62. The van der Waals surface area contributed by atoms with Crippen LogP contribution < -0.4 is 5.32 Å². The van der Waals surface area contributed by atoms with Crippen molar-refractivity contribution in [3.8, 4) is 6.07 Å². The summed E-state index contributed by atoms with van der Waals surface area (Å²) in [4.78, 5) is 11.2. The predicted molar refractivity (Wildman–Crippen MR) is 93.7 cm³/mol. The summed E-state index contributed by atoms with van der Waals surface area (Å²) in [6.07, 6.45) is 1.03. The van der Waals surface area contributed by atoms with Crippen LogP contribution >= 0.6 is 11.6 Å². The Morgan fingerprint density at radius 2 is 1.84 bits per heavy atom. The first kappa shape index (κ1) is 18.5. The lowest BCUT2D eigenvalue weighted by Crippen LogP contribution is -2.08. The highest BCUT2D eigenvalue weighted by atomic mass is 35.5. The van der Waals surface area contributed by atoms with Crippen LogP contribution in [0.1, 0.15) is 10.4 Å². The van der Waals surface area contributed by atoms with Crippen molar-refractivity contribution in [2.45, 2.75) is 4.90 Å². The van der Waals surface area contributed by atoms with E-state index in [4.69, 9.17) is 11.6 Å². The van der Waals surface area contributed by atoms with Crippen LogP contribution in [-0.2, 0) is 14.6 Å². The molecule has 0 saturated carbocycles. The van der Waals surface area contributed by atoms with E-state index in [1.165, 1.54) is 37.4 Å². The van der Waals surface area contributed by atoms with Crippen molar-refractivity contribution >= 4 is 33.1 Å². The zero-order chi connectivity index (χ0) is 18.4. The van der Waals surface area contributed by atoms with E-state index in [1.807, 2.05) is 0 Å². The molecule has 0 saturated heterocycles. The molecule has 0 aliphatic carbocycles. The summed E-state index contributed by atoms with van der Waals surface area (Å²) < 4.78 is 29.7. The second kappa shape index (κ2) is 7.83. The Morgan fingerprint density at radius 1 is 1.20 bits per heavy atom. The van der Waals surface area contributed by atoms with E-state index < -0.39 is 20.7 Å². The number of nitriles is 1. The average molecular weight is 377 g/mol. The molecule has 0 unspecified atom stereocenters. The number of nitrogens with one attached hydrogen (secondary N) is 1. The molecule has 0 bridgehead atoms. The lowest BCUT2D eigenvalue weighted by molar-refractivity contribution is 0.0602. The van der Waals surface area contributed by atoms with E-state index in [9.17, 15) is 18.5 Å². The quantitative estimate of drug-likeness (QED) is 0.634. The number of sulfone groups is 1. The van der Waals surface area contributed by atoms with Gasteiger partial charge in [-0.2, -0.15) is 5.26 Å². The van der Waals surface area contributed by atoms with Gasteiger partial charge in [0, 0.05) is 11.2 Å². The molecule has 0 heterocycles. The van der Waals surface area contributed by atoms with Crippen molar-refractivity contribution in [2.75, 3.05) is 12.4 Å². The van der Waals surface area contributed by atoms with Crippen LogP contribution in [0.15, 0.2) is 64.5 Å². The monoisotopic (exact) mass is 376 g/mol. The molecule has 1 N–H and O–H groups in total. The van der Waals surface area contributed by atoms with E-state index in [0.717, 1.165) is 6.20 Å². The molecular weight excluding hydrogens is 364 g/mol. The Morgan fingerprint density at radius 3 is 2.44 bits per heavy atom. The van der Waals surface area contributed by atoms with E-state index >= 15 is 0 Å². The number of hydrogen-bond acceptors (Lipinski definition) is 6. The molecule has 8 heteroatoms. The highest BCUT2D eigenvalue weighted by Crippen LogP contribution is 2.22. The Bertz CT molecular complexity index is 961. The van der Waals surface area contributed by atoms with E-state index in [0.29, 0.717) is 10.7 Å². The minimum absolute atomic E-state index is 0.0623. The van der Waals surface area contributed by atoms with Gasteiger partial charge >= 0.3 is 5.97 Å². The van der Waals surface area contributed by atoms with Crippen LogP contribution in [0.4, 0.5) is 5.69 Å². The lowest BCUT2D eigenvalue weighted by atomic mass is 10.2. The Labute approximate surface area is 150 Å². The lowest BCUT2D eigenvalue weighted by Gasteiger charge is -2.08. The number of nitrogens with zero attached hydrogens (tertiary/aromatic N) is 1. The number of rotatable bonds is 5. The van der Waals surface area contributed by atoms with Gasteiger partial charge in [-0.3, -0.25) is 0 Å². The van der Waals surface area contributed by atoms with Crippen LogP contribution in [0, 0.1) is 11.3 Å². The summed E-state index contributed by atoms with van der Waals surface area (Å²) >= 11 is 5.75. The number of methoxy groups -OCH3 is 1. The molecule has 0 amide bonds. The summed E-state index contributed by atoms with van der Waals surface area (Å²) in [7, 11) is -2.78. The molecule has 25 heavy (non-hydrogen) atoms. The zero-order valence-electron chi connectivity index (χ0n) is 13.1. The van der Waals surface area contributed by atoms with Crippen LogP contribution in [0.5, 0.6) is 0 Å². The highest BCUT2D eigenvalue weighted by molar-refractivity contribution is 7.95. The van der Waals surface area contributed by atoms with Crippen molar-refractivity contribution < 1.29 is 17.9 Å². The van der Waals surface area contributed by atoms with E-state index in [1.54, 1.807) is 24.3 Å². The van der Waals surface area contributed by atoms with Gasteiger partial charge in [0.2, 0.25) is 9.84 Å². The molecule has 0 radical (unpaired) electrons. The third-order valence-electron chi connectivity index (χ3n) is 3.21. The van der Waals surface area contributed by atoms with E-state index in [2.05, 4.69) is 10.1 Å². The van der Waals surface area contributed by atoms with Gasteiger partial charge < -0.3 is 10.1 Å². The number of benzene rings is 2. The maximum Gasteiger partial charge on any atom is 0.339 e. The number of esters is 1. The normalized spacial score (nSPS) is 11.5. The predicted octanol–water partition coefficient (Wildman–Crippen LogP) is 3.38. The van der Waals surface area contributed by atoms with Crippen molar-refractivity contribution in [1.82, 2.24) is 0 Å². The molecular formula is C17H13ClN2O4S. The van der Waals surface area contributed by atoms with Gasteiger partial charge in [-0.25, -0.2) is 13.2 Å². The van der Waals surface area contributed by atoms with Gasteiger partial charge in [0.15, 0.2) is 4.91 Å². The number of anilines is 1. The highest BCUT2D eigenvalue weighted by Gasteiger charge is 2.21. The maximum absolute atomic E-state index is 12.5. The van der Waals surface area contributed by atoms with Crippen LogP contribution in [0.3, 0.4) is 0 Å². The maximum atomic E-state index is 12.5. The first-order valence-electron chi connectivity index (χ1n) is 6.95. The first-order valence-corrected chi connectivity index (χ1v) is 8.81. The second-order valence-corrected chi connectivity index (χ2v) is 7.11. The number of halogens is 1. The Balaban J connectivity index is 2.38. The molecule has 0 spiro atoms. The minimum Gasteiger partial charge on any atom is -0.465 e. The van der Waals surface area contributed by atoms with Crippen molar-refractivity contribution in [3.63, 3.8) is 0 Å². The standard InChI is InChI=1S/C17H13ClN2O4S/c1-24-17(21)15-4-2-3-5-16(15)20-11-14(10-19)25(22,23)13-8-6-12(18)7-9-13/h2-9,11,20H,1H3. The molecule has 0 fully saturated rings.